The molecule has 2 rings (SSSR count). The van der Waals surface area contributed by atoms with Gasteiger partial charge in [0.25, 0.3) is 10.2 Å². The topological polar surface area (TPSA) is 89.0 Å². The molecule has 1 aromatic carbocycles. The number of methoxy groups -OCH3 is 1. The minimum atomic E-state index is -3.57. The summed E-state index contributed by atoms with van der Waals surface area (Å²) < 4.78 is 46.8. The molecule has 0 fully saturated rings. The predicted molar refractivity (Wildman–Crippen MR) is 84.2 cm³/mol. The zero-order chi connectivity index (χ0) is 17.0. The van der Waals surface area contributed by atoms with Crippen LogP contribution in [0.15, 0.2) is 23.4 Å². The molecule has 2 N–H and O–H groups in total. The molecule has 0 radical (unpaired) electrons. The third kappa shape index (κ3) is 4.88. The van der Waals surface area contributed by atoms with Gasteiger partial charge in [-0.15, -0.1) is 0 Å². The average molecular weight is 345 g/mol. The van der Waals surface area contributed by atoms with Crippen molar-refractivity contribution in [3.05, 3.63) is 29.6 Å². The van der Waals surface area contributed by atoms with E-state index in [2.05, 4.69) is 14.6 Å². The van der Waals surface area contributed by atoms with Crippen molar-refractivity contribution in [2.24, 2.45) is 5.16 Å². The van der Waals surface area contributed by atoms with Gasteiger partial charge in [-0.3, -0.25) is 0 Å². The van der Waals surface area contributed by atoms with E-state index in [4.69, 9.17) is 9.57 Å². The summed E-state index contributed by atoms with van der Waals surface area (Å²) >= 11 is 0. The van der Waals surface area contributed by atoms with Crippen molar-refractivity contribution in [1.29, 1.82) is 0 Å². The highest BCUT2D eigenvalue weighted by molar-refractivity contribution is 7.87. The van der Waals surface area contributed by atoms with Crippen LogP contribution >= 0.6 is 0 Å². The molecule has 0 aromatic heterocycles. The van der Waals surface area contributed by atoms with Crippen LogP contribution in [0.5, 0.6) is 5.75 Å². The van der Waals surface area contributed by atoms with E-state index < -0.39 is 22.1 Å². The molecule has 23 heavy (non-hydrogen) atoms. The Kier molecular flexibility index (Phi) is 5.55. The van der Waals surface area contributed by atoms with Crippen LogP contribution in [0.25, 0.3) is 0 Å². The van der Waals surface area contributed by atoms with Crippen LogP contribution in [0.4, 0.5) is 4.39 Å². The van der Waals surface area contributed by atoms with Gasteiger partial charge in [-0.2, -0.15) is 17.9 Å². The molecule has 0 saturated carbocycles. The van der Waals surface area contributed by atoms with Gasteiger partial charge >= 0.3 is 0 Å². The van der Waals surface area contributed by atoms with Crippen LogP contribution in [0.1, 0.15) is 25.8 Å². The highest BCUT2D eigenvalue weighted by Crippen LogP contribution is 2.22. The van der Waals surface area contributed by atoms with Crippen molar-refractivity contribution in [2.45, 2.75) is 32.4 Å². The van der Waals surface area contributed by atoms with Crippen LogP contribution in [0, 0.1) is 5.82 Å². The van der Waals surface area contributed by atoms with Crippen molar-refractivity contribution in [2.75, 3.05) is 13.7 Å². The fourth-order valence-electron chi connectivity index (χ4n) is 2.11. The Morgan fingerprint density at radius 1 is 1.48 bits per heavy atom. The Morgan fingerprint density at radius 3 is 2.83 bits per heavy atom. The Labute approximate surface area is 135 Å². The molecule has 0 aliphatic carbocycles. The molecule has 1 aliphatic rings. The summed E-state index contributed by atoms with van der Waals surface area (Å²) in [5, 5.41) is 3.90. The second kappa shape index (κ2) is 7.24. The average Bonchev–Trinajstić information content (AvgIpc) is 2.93. The van der Waals surface area contributed by atoms with Gasteiger partial charge in [-0.1, -0.05) is 5.16 Å². The third-order valence-electron chi connectivity index (χ3n) is 3.11. The number of nitrogens with zero attached hydrogens (tertiary/aromatic N) is 1. The van der Waals surface area contributed by atoms with E-state index in [1.807, 2.05) is 0 Å². The normalized spacial score (nSPS) is 18.0. The van der Waals surface area contributed by atoms with E-state index in [0.717, 1.165) is 0 Å². The number of halogens is 1. The molecular formula is C14H20FN3O4S. The Balaban J connectivity index is 1.92. The largest absolute Gasteiger partial charge is 0.494 e. The molecule has 9 heteroatoms. The molecule has 0 spiro atoms. The first-order chi connectivity index (χ1) is 10.8. The highest BCUT2D eigenvalue weighted by Gasteiger charge is 2.24. The smallest absolute Gasteiger partial charge is 0.277 e. The summed E-state index contributed by atoms with van der Waals surface area (Å²) in [6.45, 7) is 3.53. The van der Waals surface area contributed by atoms with Crippen molar-refractivity contribution in [3.8, 4) is 5.75 Å². The molecule has 1 heterocycles. The second-order valence-electron chi connectivity index (χ2n) is 5.44. The van der Waals surface area contributed by atoms with E-state index in [1.165, 1.54) is 19.2 Å². The maximum Gasteiger partial charge on any atom is 0.277 e. The predicted octanol–water partition coefficient (Wildman–Crippen LogP) is 1.16. The number of ether oxygens (including phenoxy) is 1. The molecule has 1 atom stereocenters. The molecule has 7 nitrogen and oxygen atoms in total. The van der Waals surface area contributed by atoms with Crippen molar-refractivity contribution in [1.82, 2.24) is 9.44 Å². The minimum absolute atomic E-state index is 0.0771. The van der Waals surface area contributed by atoms with Gasteiger partial charge in [-0.25, -0.2) is 4.39 Å². The van der Waals surface area contributed by atoms with E-state index >= 15 is 0 Å². The summed E-state index contributed by atoms with van der Waals surface area (Å²) in [5.41, 5.74) is 1.14. The zero-order valence-electron chi connectivity index (χ0n) is 13.2. The van der Waals surface area contributed by atoms with E-state index in [9.17, 15) is 12.8 Å². The van der Waals surface area contributed by atoms with Gasteiger partial charge in [0.15, 0.2) is 11.6 Å². The van der Waals surface area contributed by atoms with Crippen molar-refractivity contribution in [3.63, 3.8) is 0 Å². The maximum absolute atomic E-state index is 13.7. The van der Waals surface area contributed by atoms with E-state index in [1.54, 1.807) is 19.9 Å². The molecule has 1 aliphatic heterocycles. The van der Waals surface area contributed by atoms with Gasteiger partial charge in [0.1, 0.15) is 6.10 Å². The number of rotatable bonds is 7. The standard InChI is InChI=1S/C14H20FN3O4S/c1-9(2)18-23(19,20)16-8-11-7-13(17-22-11)10-4-5-14(21-3)12(15)6-10/h4-6,9,11,16,18H,7-8H2,1-3H3. The van der Waals surface area contributed by atoms with Gasteiger partial charge < -0.3 is 9.57 Å². The Hall–Kier alpha value is -1.71. The Morgan fingerprint density at radius 2 is 2.22 bits per heavy atom. The third-order valence-corrected chi connectivity index (χ3v) is 4.44. The summed E-state index contributed by atoms with van der Waals surface area (Å²) in [6, 6.07) is 4.30. The summed E-state index contributed by atoms with van der Waals surface area (Å²) in [4.78, 5) is 5.20. The van der Waals surface area contributed by atoms with Crippen molar-refractivity contribution >= 4 is 15.9 Å². The van der Waals surface area contributed by atoms with Crippen LogP contribution in [0.3, 0.4) is 0 Å². The van der Waals surface area contributed by atoms with E-state index in [0.29, 0.717) is 17.7 Å². The first-order valence-corrected chi connectivity index (χ1v) is 8.62. The molecule has 0 amide bonds. The summed E-state index contributed by atoms with van der Waals surface area (Å²) in [6.07, 6.45) is -0.0467. The lowest BCUT2D eigenvalue weighted by atomic mass is 10.0. The quantitative estimate of drug-likeness (QED) is 0.776. The zero-order valence-corrected chi connectivity index (χ0v) is 14.0. The van der Waals surface area contributed by atoms with Gasteiger partial charge in [0, 0.05) is 18.0 Å². The highest BCUT2D eigenvalue weighted by atomic mass is 32.2. The molecule has 128 valence electrons. The van der Waals surface area contributed by atoms with Gasteiger partial charge in [0.2, 0.25) is 0 Å². The number of hydrogen-bond acceptors (Lipinski definition) is 5. The molecule has 1 aromatic rings. The lowest BCUT2D eigenvalue weighted by Gasteiger charge is -2.13. The fourth-order valence-corrected chi connectivity index (χ4v) is 3.22. The lowest BCUT2D eigenvalue weighted by molar-refractivity contribution is 0.0890. The molecular weight excluding hydrogens is 325 g/mol. The first-order valence-electron chi connectivity index (χ1n) is 7.14. The molecule has 1 unspecified atom stereocenters. The fraction of sp³-hybridized carbons (Fsp3) is 0.500. The maximum atomic E-state index is 13.7. The number of oxime groups is 1. The number of nitrogens with one attached hydrogen (secondary N) is 2. The molecule has 0 saturated heterocycles. The van der Waals surface area contributed by atoms with Crippen molar-refractivity contribution < 1.29 is 22.4 Å². The van der Waals surface area contributed by atoms with Gasteiger partial charge in [0.05, 0.1) is 19.4 Å². The summed E-state index contributed by atoms with van der Waals surface area (Å²) in [7, 11) is -2.18. The SMILES string of the molecule is COc1ccc(C2=NOC(CNS(=O)(=O)NC(C)C)C2)cc1F. The van der Waals surface area contributed by atoms with Crippen LogP contribution < -0.4 is 14.2 Å². The second-order valence-corrected chi connectivity index (χ2v) is 6.97. The summed E-state index contributed by atoms with van der Waals surface area (Å²) in [5.74, 6) is -0.338. The minimum Gasteiger partial charge on any atom is -0.494 e. The van der Waals surface area contributed by atoms with E-state index in [-0.39, 0.29) is 18.3 Å². The number of hydrogen-bond donors (Lipinski definition) is 2. The Bertz CT molecular complexity index is 691. The monoisotopic (exact) mass is 345 g/mol. The van der Waals surface area contributed by atoms with Gasteiger partial charge in [-0.05, 0) is 32.0 Å². The lowest BCUT2D eigenvalue weighted by Crippen LogP contribution is -2.43. The first kappa shape index (κ1) is 17.6. The van der Waals surface area contributed by atoms with Crippen LogP contribution in [-0.2, 0) is 15.0 Å². The van der Waals surface area contributed by atoms with Crippen LogP contribution in [-0.4, -0.2) is 39.9 Å². The molecule has 0 bridgehead atoms. The number of benzene rings is 1. The van der Waals surface area contributed by atoms with Crippen LogP contribution in [0.2, 0.25) is 0 Å².